The van der Waals surface area contributed by atoms with Crippen molar-refractivity contribution in [3.05, 3.63) is 58.9 Å². The van der Waals surface area contributed by atoms with E-state index in [0.717, 1.165) is 18.3 Å². The molecule has 1 aromatic carbocycles. The molecule has 0 atom stereocenters. The minimum Gasteiger partial charge on any atom is -0.422 e. The Morgan fingerprint density at radius 2 is 1.85 bits per heavy atom. The van der Waals surface area contributed by atoms with Crippen molar-refractivity contribution in [1.82, 2.24) is 4.98 Å². The van der Waals surface area contributed by atoms with Crippen molar-refractivity contribution in [3.8, 4) is 5.75 Å². The fraction of sp³-hybridized carbons (Fsp3) is 0.0769. The number of benzene rings is 1. The summed E-state index contributed by atoms with van der Waals surface area (Å²) in [7, 11) is 0. The standard InChI is InChI=1S/C13H7ClF3NO2/c14-11-6-5-8(7-18-11)12(19)20-10-4-2-1-3-9(10)13(15,16)17/h1-7H. The number of halogens is 4. The zero-order chi connectivity index (χ0) is 14.8. The van der Waals surface area contributed by atoms with Gasteiger partial charge in [-0.15, -0.1) is 0 Å². The summed E-state index contributed by atoms with van der Waals surface area (Å²) in [6.07, 6.45) is -3.48. The molecule has 2 rings (SSSR count). The van der Waals surface area contributed by atoms with Gasteiger partial charge in [-0.05, 0) is 24.3 Å². The first kappa shape index (κ1) is 14.3. The summed E-state index contributed by atoms with van der Waals surface area (Å²) in [5.74, 6) is -1.49. The monoisotopic (exact) mass is 301 g/mol. The third-order valence-corrected chi connectivity index (χ3v) is 2.58. The van der Waals surface area contributed by atoms with E-state index in [1.165, 1.54) is 24.3 Å². The molecule has 1 heterocycles. The highest BCUT2D eigenvalue weighted by Gasteiger charge is 2.34. The van der Waals surface area contributed by atoms with Gasteiger partial charge in [-0.3, -0.25) is 0 Å². The minimum atomic E-state index is -4.60. The highest BCUT2D eigenvalue weighted by atomic mass is 35.5. The van der Waals surface area contributed by atoms with E-state index in [-0.39, 0.29) is 10.7 Å². The van der Waals surface area contributed by atoms with Crippen molar-refractivity contribution in [2.45, 2.75) is 6.18 Å². The van der Waals surface area contributed by atoms with Crippen LogP contribution in [0.2, 0.25) is 5.15 Å². The number of alkyl halides is 3. The zero-order valence-electron chi connectivity index (χ0n) is 9.82. The van der Waals surface area contributed by atoms with E-state index in [1.54, 1.807) is 0 Å². The number of nitrogens with zero attached hydrogens (tertiary/aromatic N) is 1. The smallest absolute Gasteiger partial charge is 0.419 e. The maximum absolute atomic E-state index is 12.7. The summed E-state index contributed by atoms with van der Waals surface area (Å²) in [6, 6.07) is 7.12. The van der Waals surface area contributed by atoms with Gasteiger partial charge in [-0.25, -0.2) is 9.78 Å². The molecule has 0 saturated carbocycles. The lowest BCUT2D eigenvalue weighted by Crippen LogP contribution is -2.13. The number of rotatable bonds is 2. The number of carbonyl (C=O) groups excluding carboxylic acids is 1. The predicted molar refractivity (Wildman–Crippen MR) is 65.6 cm³/mol. The van der Waals surface area contributed by atoms with Gasteiger partial charge in [-0.1, -0.05) is 23.7 Å². The summed E-state index contributed by atoms with van der Waals surface area (Å²) < 4.78 is 43.0. The molecule has 0 radical (unpaired) electrons. The molecule has 0 aliphatic rings. The van der Waals surface area contributed by atoms with Gasteiger partial charge in [0.15, 0.2) is 0 Å². The van der Waals surface area contributed by atoms with Crippen LogP contribution in [0.25, 0.3) is 0 Å². The fourth-order valence-electron chi connectivity index (χ4n) is 1.45. The van der Waals surface area contributed by atoms with E-state index in [0.29, 0.717) is 0 Å². The highest BCUT2D eigenvalue weighted by Crippen LogP contribution is 2.36. The molecule has 0 amide bonds. The van der Waals surface area contributed by atoms with E-state index >= 15 is 0 Å². The Morgan fingerprint density at radius 3 is 2.45 bits per heavy atom. The molecule has 104 valence electrons. The summed E-state index contributed by atoms with van der Waals surface area (Å²) in [5.41, 5.74) is -1.01. The second-order valence-electron chi connectivity index (χ2n) is 3.75. The van der Waals surface area contributed by atoms with E-state index in [2.05, 4.69) is 4.98 Å². The Hall–Kier alpha value is -2.08. The molecule has 0 aliphatic carbocycles. The number of carbonyl (C=O) groups is 1. The van der Waals surface area contributed by atoms with Gasteiger partial charge in [0.25, 0.3) is 0 Å². The Kier molecular flexibility index (Phi) is 3.94. The van der Waals surface area contributed by atoms with E-state index in [1.807, 2.05) is 0 Å². The first-order chi connectivity index (χ1) is 9.38. The molecule has 2 aromatic rings. The third-order valence-electron chi connectivity index (χ3n) is 2.36. The van der Waals surface area contributed by atoms with Crippen LogP contribution in [-0.2, 0) is 6.18 Å². The van der Waals surface area contributed by atoms with Crippen LogP contribution in [-0.4, -0.2) is 11.0 Å². The van der Waals surface area contributed by atoms with Crippen LogP contribution in [0.4, 0.5) is 13.2 Å². The average Bonchev–Trinajstić information content (AvgIpc) is 2.38. The number of pyridine rings is 1. The summed E-state index contributed by atoms with van der Waals surface area (Å²) in [4.78, 5) is 15.4. The van der Waals surface area contributed by atoms with Crippen LogP contribution in [0, 0.1) is 0 Å². The highest BCUT2D eigenvalue weighted by molar-refractivity contribution is 6.29. The lowest BCUT2D eigenvalue weighted by atomic mass is 10.2. The molecule has 20 heavy (non-hydrogen) atoms. The summed E-state index contributed by atoms with van der Waals surface area (Å²) in [5, 5.41) is 0.164. The topological polar surface area (TPSA) is 39.2 Å². The summed E-state index contributed by atoms with van der Waals surface area (Å²) >= 11 is 5.55. The molecule has 7 heteroatoms. The molecule has 0 N–H and O–H groups in total. The molecular weight excluding hydrogens is 295 g/mol. The Labute approximate surface area is 117 Å². The molecule has 0 saturated heterocycles. The third kappa shape index (κ3) is 3.27. The van der Waals surface area contributed by atoms with Gasteiger partial charge < -0.3 is 4.74 Å². The Bertz CT molecular complexity index is 626. The van der Waals surface area contributed by atoms with Crippen LogP contribution in [0.1, 0.15) is 15.9 Å². The van der Waals surface area contributed by atoms with Crippen molar-refractivity contribution in [2.75, 3.05) is 0 Å². The number of hydrogen-bond acceptors (Lipinski definition) is 3. The molecule has 0 spiro atoms. The maximum Gasteiger partial charge on any atom is 0.419 e. The number of esters is 1. The molecule has 1 aromatic heterocycles. The number of para-hydroxylation sites is 1. The second kappa shape index (κ2) is 5.50. The maximum atomic E-state index is 12.7. The van der Waals surface area contributed by atoms with E-state index in [4.69, 9.17) is 16.3 Å². The van der Waals surface area contributed by atoms with Crippen molar-refractivity contribution >= 4 is 17.6 Å². The predicted octanol–water partition coefficient (Wildman–Crippen LogP) is 3.97. The van der Waals surface area contributed by atoms with Gasteiger partial charge in [0.2, 0.25) is 0 Å². The fourth-order valence-corrected chi connectivity index (χ4v) is 1.56. The molecule has 3 nitrogen and oxygen atoms in total. The second-order valence-corrected chi connectivity index (χ2v) is 4.14. The normalized spacial score (nSPS) is 11.2. The lowest BCUT2D eigenvalue weighted by molar-refractivity contribution is -0.138. The van der Waals surface area contributed by atoms with Crippen LogP contribution in [0.3, 0.4) is 0 Å². The molecule has 0 fully saturated rings. The molecule has 0 bridgehead atoms. The number of ether oxygens (including phenoxy) is 1. The van der Waals surface area contributed by atoms with Crippen LogP contribution < -0.4 is 4.74 Å². The zero-order valence-corrected chi connectivity index (χ0v) is 10.6. The van der Waals surface area contributed by atoms with Crippen molar-refractivity contribution < 1.29 is 22.7 Å². The van der Waals surface area contributed by atoms with Gasteiger partial charge in [0.1, 0.15) is 10.9 Å². The molecule has 0 aliphatic heterocycles. The lowest BCUT2D eigenvalue weighted by Gasteiger charge is -2.12. The average molecular weight is 302 g/mol. The largest absolute Gasteiger partial charge is 0.422 e. The van der Waals surface area contributed by atoms with Crippen molar-refractivity contribution in [1.29, 1.82) is 0 Å². The SMILES string of the molecule is O=C(Oc1ccccc1C(F)(F)F)c1ccc(Cl)nc1. The van der Waals surface area contributed by atoms with Gasteiger partial charge in [0, 0.05) is 6.20 Å². The van der Waals surface area contributed by atoms with Crippen LogP contribution in [0.5, 0.6) is 5.75 Å². The van der Waals surface area contributed by atoms with Gasteiger partial charge >= 0.3 is 12.1 Å². The number of hydrogen-bond donors (Lipinski definition) is 0. The van der Waals surface area contributed by atoms with Crippen LogP contribution >= 0.6 is 11.6 Å². The van der Waals surface area contributed by atoms with E-state index in [9.17, 15) is 18.0 Å². The van der Waals surface area contributed by atoms with Gasteiger partial charge in [-0.2, -0.15) is 13.2 Å². The first-order valence-electron chi connectivity index (χ1n) is 5.38. The minimum absolute atomic E-state index is 0.00591. The van der Waals surface area contributed by atoms with Crippen molar-refractivity contribution in [3.63, 3.8) is 0 Å². The van der Waals surface area contributed by atoms with Crippen LogP contribution in [0.15, 0.2) is 42.6 Å². The van der Waals surface area contributed by atoms with Crippen molar-refractivity contribution in [2.24, 2.45) is 0 Å². The Balaban J connectivity index is 2.26. The first-order valence-corrected chi connectivity index (χ1v) is 5.75. The number of aromatic nitrogens is 1. The molecule has 0 unspecified atom stereocenters. The van der Waals surface area contributed by atoms with Gasteiger partial charge in [0.05, 0.1) is 11.1 Å². The summed E-state index contributed by atoms with van der Waals surface area (Å²) in [6.45, 7) is 0. The molecular formula is C13H7ClF3NO2. The quantitative estimate of drug-likeness (QED) is 0.478. The van der Waals surface area contributed by atoms with E-state index < -0.39 is 23.5 Å². The Morgan fingerprint density at radius 1 is 1.15 bits per heavy atom.